The second-order valence-corrected chi connectivity index (χ2v) is 6.67. The number of benzene rings is 1. The van der Waals surface area contributed by atoms with Gasteiger partial charge in [0, 0.05) is 32.3 Å². The lowest BCUT2D eigenvalue weighted by atomic mass is 10.1. The third-order valence-electron chi connectivity index (χ3n) is 4.01. The van der Waals surface area contributed by atoms with E-state index >= 15 is 0 Å². The van der Waals surface area contributed by atoms with E-state index in [0.717, 1.165) is 23.5 Å². The molecule has 1 amide bonds. The van der Waals surface area contributed by atoms with Gasteiger partial charge in [-0.2, -0.15) is 0 Å². The number of nitrogens with one attached hydrogen (secondary N) is 1. The Morgan fingerprint density at radius 2 is 2.00 bits per heavy atom. The number of carbonyl (C=O) groups is 1. The minimum Gasteiger partial charge on any atom is -0.383 e. The van der Waals surface area contributed by atoms with Gasteiger partial charge in [0.1, 0.15) is 0 Å². The molecule has 1 fully saturated rings. The number of methoxy groups -OCH3 is 1. The third kappa shape index (κ3) is 3.74. The molecule has 2 aromatic rings. The summed E-state index contributed by atoms with van der Waals surface area (Å²) >= 11 is 1.59. The Hall–Kier alpha value is -1.85. The van der Waals surface area contributed by atoms with Crippen molar-refractivity contribution in [2.75, 3.05) is 38.3 Å². The first kappa shape index (κ1) is 16.0. The van der Waals surface area contributed by atoms with Crippen LogP contribution < -0.4 is 10.2 Å². The highest BCUT2D eigenvalue weighted by Gasteiger charge is 2.22. The van der Waals surface area contributed by atoms with Crippen LogP contribution in [-0.4, -0.2) is 39.3 Å². The molecule has 1 aliphatic rings. The Labute approximate surface area is 141 Å². The smallest absolute Gasteiger partial charge is 0.261 e. The Balaban J connectivity index is 1.89. The molecule has 1 aliphatic heterocycles. The van der Waals surface area contributed by atoms with Gasteiger partial charge in [0.05, 0.1) is 16.5 Å². The van der Waals surface area contributed by atoms with Gasteiger partial charge in [0.15, 0.2) is 0 Å². The zero-order valence-electron chi connectivity index (χ0n) is 13.4. The maximum atomic E-state index is 12.4. The Bertz CT molecular complexity index is 648. The molecule has 0 atom stereocenters. The summed E-state index contributed by atoms with van der Waals surface area (Å²) in [5.74, 6) is -0.0188. The Morgan fingerprint density at radius 3 is 2.70 bits per heavy atom. The van der Waals surface area contributed by atoms with Crippen molar-refractivity contribution in [3.63, 3.8) is 0 Å². The van der Waals surface area contributed by atoms with Crippen LogP contribution >= 0.6 is 11.3 Å². The minimum absolute atomic E-state index is 0.0188. The lowest BCUT2D eigenvalue weighted by molar-refractivity contribution is 0.0941. The fourth-order valence-electron chi connectivity index (χ4n) is 2.83. The maximum absolute atomic E-state index is 12.4. The van der Waals surface area contributed by atoms with Crippen molar-refractivity contribution in [3.05, 3.63) is 41.3 Å². The van der Waals surface area contributed by atoms with E-state index in [-0.39, 0.29) is 5.91 Å². The molecule has 0 radical (unpaired) electrons. The number of hydrogen-bond donors (Lipinski definition) is 1. The molecule has 0 saturated carbocycles. The average Bonchev–Trinajstić information content (AvgIpc) is 3.25. The highest BCUT2D eigenvalue weighted by molar-refractivity contribution is 7.18. The van der Waals surface area contributed by atoms with Crippen molar-refractivity contribution in [2.45, 2.75) is 12.8 Å². The molecule has 1 aromatic heterocycles. The summed E-state index contributed by atoms with van der Waals surface area (Å²) in [6, 6.07) is 12.3. The van der Waals surface area contributed by atoms with E-state index in [1.54, 1.807) is 18.4 Å². The van der Waals surface area contributed by atoms with Crippen molar-refractivity contribution < 1.29 is 9.53 Å². The predicted molar refractivity (Wildman–Crippen MR) is 95.4 cm³/mol. The summed E-state index contributed by atoms with van der Waals surface area (Å²) in [4.78, 5) is 15.5. The van der Waals surface area contributed by atoms with Crippen molar-refractivity contribution in [1.82, 2.24) is 5.32 Å². The fourth-order valence-corrected chi connectivity index (χ4v) is 3.98. The van der Waals surface area contributed by atoms with Crippen molar-refractivity contribution in [3.8, 4) is 11.1 Å². The van der Waals surface area contributed by atoms with Crippen molar-refractivity contribution in [1.29, 1.82) is 0 Å². The lowest BCUT2D eigenvalue weighted by Crippen LogP contribution is -2.26. The van der Waals surface area contributed by atoms with Gasteiger partial charge in [0.2, 0.25) is 0 Å². The van der Waals surface area contributed by atoms with Crippen LogP contribution in [-0.2, 0) is 4.74 Å². The van der Waals surface area contributed by atoms with Gasteiger partial charge in [-0.25, -0.2) is 0 Å². The minimum atomic E-state index is -0.0188. The molecular weight excluding hydrogens is 308 g/mol. The molecule has 4 nitrogen and oxygen atoms in total. The molecule has 0 unspecified atom stereocenters. The molecule has 0 spiro atoms. The van der Waals surface area contributed by atoms with Crippen LogP contribution in [0.1, 0.15) is 22.5 Å². The summed E-state index contributed by atoms with van der Waals surface area (Å²) in [7, 11) is 1.64. The van der Waals surface area contributed by atoms with E-state index < -0.39 is 0 Å². The Kier molecular flexibility index (Phi) is 5.31. The number of hydrogen-bond acceptors (Lipinski definition) is 4. The van der Waals surface area contributed by atoms with Gasteiger partial charge >= 0.3 is 0 Å². The van der Waals surface area contributed by atoms with E-state index in [9.17, 15) is 4.79 Å². The summed E-state index contributed by atoms with van der Waals surface area (Å²) in [5, 5.41) is 4.12. The molecule has 1 saturated heterocycles. The molecule has 122 valence electrons. The topological polar surface area (TPSA) is 41.6 Å². The predicted octanol–water partition coefficient (Wildman–Crippen LogP) is 3.39. The summed E-state index contributed by atoms with van der Waals surface area (Å²) < 4.78 is 4.99. The molecule has 23 heavy (non-hydrogen) atoms. The van der Waals surface area contributed by atoms with Crippen molar-refractivity contribution in [2.24, 2.45) is 0 Å². The van der Waals surface area contributed by atoms with Crippen LogP contribution in [0.15, 0.2) is 36.4 Å². The average molecular weight is 330 g/mol. The summed E-state index contributed by atoms with van der Waals surface area (Å²) in [5.41, 5.74) is 2.33. The SMILES string of the molecule is COCCNC(=O)c1cc(-c2ccccc2)c(N2CCCC2)s1. The quantitative estimate of drug-likeness (QED) is 0.826. The van der Waals surface area contributed by atoms with Crippen LogP contribution in [0.3, 0.4) is 0 Å². The van der Waals surface area contributed by atoms with Crippen molar-refractivity contribution >= 4 is 22.2 Å². The third-order valence-corrected chi connectivity index (χ3v) is 5.20. The Morgan fingerprint density at radius 1 is 1.26 bits per heavy atom. The largest absolute Gasteiger partial charge is 0.383 e. The monoisotopic (exact) mass is 330 g/mol. The number of anilines is 1. The zero-order chi connectivity index (χ0) is 16.1. The van der Waals surface area contributed by atoms with Crippen LogP contribution in [0, 0.1) is 0 Å². The number of ether oxygens (including phenoxy) is 1. The highest BCUT2D eigenvalue weighted by Crippen LogP contribution is 2.40. The van der Waals surface area contributed by atoms with Gasteiger partial charge in [-0.3, -0.25) is 4.79 Å². The highest BCUT2D eigenvalue weighted by atomic mass is 32.1. The zero-order valence-corrected chi connectivity index (χ0v) is 14.2. The second-order valence-electron chi connectivity index (χ2n) is 5.64. The van der Waals surface area contributed by atoms with Crippen LogP contribution in [0.25, 0.3) is 11.1 Å². The molecule has 1 aromatic carbocycles. The van der Waals surface area contributed by atoms with Gasteiger partial charge < -0.3 is 15.0 Å². The fraction of sp³-hybridized carbons (Fsp3) is 0.389. The molecule has 0 bridgehead atoms. The first-order chi connectivity index (χ1) is 11.3. The van der Waals surface area contributed by atoms with Crippen LogP contribution in [0.5, 0.6) is 0 Å². The van der Waals surface area contributed by atoms with E-state index in [1.165, 1.54) is 23.4 Å². The summed E-state index contributed by atoms with van der Waals surface area (Å²) in [6.45, 7) is 3.21. The van der Waals surface area contributed by atoms with Gasteiger partial charge in [-0.15, -0.1) is 11.3 Å². The molecule has 0 aliphatic carbocycles. The van der Waals surface area contributed by atoms with Gasteiger partial charge in [0.25, 0.3) is 5.91 Å². The van der Waals surface area contributed by atoms with E-state index in [2.05, 4.69) is 22.3 Å². The number of carbonyl (C=O) groups excluding carboxylic acids is 1. The first-order valence-electron chi connectivity index (χ1n) is 8.01. The molecule has 2 heterocycles. The first-order valence-corrected chi connectivity index (χ1v) is 8.82. The molecule has 3 rings (SSSR count). The molecule has 5 heteroatoms. The summed E-state index contributed by atoms with van der Waals surface area (Å²) in [6.07, 6.45) is 2.45. The van der Waals surface area contributed by atoms with E-state index in [1.807, 2.05) is 24.3 Å². The van der Waals surface area contributed by atoms with E-state index in [0.29, 0.717) is 13.2 Å². The molecular formula is C18H22N2O2S. The number of rotatable bonds is 6. The standard InChI is InChI=1S/C18H22N2O2S/c1-22-12-9-19-17(21)16-13-15(14-7-3-2-4-8-14)18(23-16)20-10-5-6-11-20/h2-4,7-8,13H,5-6,9-12H2,1H3,(H,19,21). The lowest BCUT2D eigenvalue weighted by Gasteiger charge is -2.17. The second kappa shape index (κ2) is 7.62. The normalized spacial score (nSPS) is 14.2. The van der Waals surface area contributed by atoms with Crippen LogP contribution in [0.2, 0.25) is 0 Å². The molecule has 1 N–H and O–H groups in total. The maximum Gasteiger partial charge on any atom is 0.261 e. The van der Waals surface area contributed by atoms with Gasteiger partial charge in [-0.1, -0.05) is 30.3 Å². The van der Waals surface area contributed by atoms with Gasteiger partial charge in [-0.05, 0) is 24.5 Å². The number of thiophene rings is 1. The van der Waals surface area contributed by atoms with E-state index in [4.69, 9.17) is 4.74 Å². The number of amides is 1. The number of nitrogens with zero attached hydrogens (tertiary/aromatic N) is 1. The van der Waals surface area contributed by atoms with Crippen LogP contribution in [0.4, 0.5) is 5.00 Å².